The van der Waals surface area contributed by atoms with Crippen LogP contribution in [-0.2, 0) is 38.1 Å². The number of hydrogen-bond donors (Lipinski definition) is 1. The van der Waals surface area contributed by atoms with Gasteiger partial charge in [0, 0.05) is 25.7 Å². The zero-order chi connectivity index (χ0) is 20.1. The third-order valence-corrected chi connectivity index (χ3v) is 3.88. The van der Waals surface area contributed by atoms with Crippen LogP contribution in [-0.4, -0.2) is 70.4 Å². The average molecular weight is 422 g/mol. The summed E-state index contributed by atoms with van der Waals surface area (Å²) in [5.74, 6) is -2.84. The second-order valence-electron chi connectivity index (χ2n) is 5.92. The van der Waals surface area contributed by atoms with Crippen LogP contribution in [0, 0.1) is 0 Å². The molecule has 0 aromatic heterocycles. The van der Waals surface area contributed by atoms with Gasteiger partial charge in [-0.2, -0.15) is 0 Å². The minimum atomic E-state index is -0.750. The van der Waals surface area contributed by atoms with Gasteiger partial charge in [0.05, 0.1) is 27.3 Å². The predicted molar refractivity (Wildman–Crippen MR) is 94.7 cm³/mol. The van der Waals surface area contributed by atoms with Crippen LogP contribution >= 0.6 is 0 Å². The second kappa shape index (κ2) is 14.6. The zero-order valence-electron chi connectivity index (χ0n) is 16.0. The van der Waals surface area contributed by atoms with Gasteiger partial charge in [-0.25, -0.2) is 19.2 Å². The van der Waals surface area contributed by atoms with Crippen molar-refractivity contribution in [2.45, 2.75) is 25.4 Å². The number of carbonyl (C=O) groups excluding carboxylic acids is 4. The van der Waals surface area contributed by atoms with E-state index < -0.39 is 30.0 Å². The molecule has 1 aliphatic rings. The number of halogens is 1. The molecule has 1 aliphatic heterocycles. The minimum absolute atomic E-state index is 0. The summed E-state index contributed by atoms with van der Waals surface area (Å²) in [5.41, 5.74) is 0. The fourth-order valence-corrected chi connectivity index (χ4v) is 2.55. The van der Waals surface area contributed by atoms with Crippen LogP contribution in [0.25, 0.3) is 0 Å². The third-order valence-electron chi connectivity index (χ3n) is 3.88. The number of hydrogen-bond acceptors (Lipinski definition) is 8. The van der Waals surface area contributed by atoms with E-state index in [4.69, 9.17) is 9.47 Å². The van der Waals surface area contributed by atoms with Gasteiger partial charge in [-0.15, -0.1) is 0 Å². The number of ether oxygens (including phenoxy) is 4. The summed E-state index contributed by atoms with van der Waals surface area (Å²) in [5, 5.41) is 0. The lowest BCUT2D eigenvalue weighted by Gasteiger charge is -2.27. The summed E-state index contributed by atoms with van der Waals surface area (Å²) in [6, 6.07) is 0. The lowest BCUT2D eigenvalue weighted by molar-refractivity contribution is -0.907. The van der Waals surface area contributed by atoms with Gasteiger partial charge in [-0.05, 0) is 19.3 Å². The summed E-state index contributed by atoms with van der Waals surface area (Å²) in [6.45, 7) is 2.21. The molecule has 0 spiro atoms. The maximum absolute atomic E-state index is 11.9. The highest BCUT2D eigenvalue weighted by molar-refractivity contribution is 5.92. The van der Waals surface area contributed by atoms with E-state index in [1.54, 1.807) is 0 Å². The van der Waals surface area contributed by atoms with Crippen molar-refractivity contribution in [2.75, 3.05) is 40.5 Å². The standard InChI is InChI=1S/C18H25NO8.ClH.H2/c1-24-15(20)6-8-17(22)26-13-14(12-19-10-4-3-5-11-19)27-18(23)9-7-16(21)25-2;;/h6-9,14H,3-5,10-13H2,1-2H3;2*1H/b8-6+,9-7+;;. The van der Waals surface area contributed by atoms with E-state index in [0.717, 1.165) is 50.2 Å². The SMILES string of the molecule is COC(=O)/C=C/C(=O)OCC(C[NH+]1CCCCC1)OC(=O)/C=C/C(=O)OC.[Cl-].[HH]. The Morgan fingerprint density at radius 3 is 1.89 bits per heavy atom. The molecule has 1 saturated heterocycles. The van der Waals surface area contributed by atoms with Crippen molar-refractivity contribution in [2.24, 2.45) is 0 Å². The molecule has 1 atom stereocenters. The molecule has 9 nitrogen and oxygen atoms in total. The molecule has 1 rings (SSSR count). The molecule has 1 heterocycles. The second-order valence-corrected chi connectivity index (χ2v) is 5.92. The summed E-state index contributed by atoms with van der Waals surface area (Å²) in [7, 11) is 2.39. The molecule has 10 heteroatoms. The van der Waals surface area contributed by atoms with Crippen LogP contribution in [0.4, 0.5) is 0 Å². The molecule has 0 aliphatic carbocycles. The van der Waals surface area contributed by atoms with Gasteiger partial charge in [-0.1, -0.05) is 0 Å². The number of piperidine rings is 1. The first-order valence-electron chi connectivity index (χ1n) is 8.67. The molecule has 1 fully saturated rings. The van der Waals surface area contributed by atoms with Crippen LogP contribution < -0.4 is 17.3 Å². The highest BCUT2D eigenvalue weighted by Crippen LogP contribution is 1.99. The van der Waals surface area contributed by atoms with E-state index in [1.165, 1.54) is 25.5 Å². The van der Waals surface area contributed by atoms with Crippen molar-refractivity contribution < 1.29 is 56.9 Å². The number of methoxy groups -OCH3 is 2. The Labute approximate surface area is 171 Å². The quantitative estimate of drug-likeness (QED) is 0.229. The predicted octanol–water partition coefficient (Wildman–Crippen LogP) is -3.78. The summed E-state index contributed by atoms with van der Waals surface area (Å²) < 4.78 is 19.1. The number of likely N-dealkylation sites (tertiary alicyclic amines) is 1. The van der Waals surface area contributed by atoms with Gasteiger partial charge >= 0.3 is 23.9 Å². The molecule has 0 saturated carbocycles. The van der Waals surface area contributed by atoms with E-state index in [0.29, 0.717) is 6.54 Å². The zero-order valence-corrected chi connectivity index (χ0v) is 16.7. The largest absolute Gasteiger partial charge is 1.00 e. The Hall–Kier alpha value is -2.39. The number of nitrogens with one attached hydrogen (secondary N) is 1. The van der Waals surface area contributed by atoms with Crippen molar-refractivity contribution in [3.8, 4) is 0 Å². The Morgan fingerprint density at radius 2 is 1.36 bits per heavy atom. The highest BCUT2D eigenvalue weighted by Gasteiger charge is 2.23. The van der Waals surface area contributed by atoms with E-state index in [1.807, 2.05) is 0 Å². The number of rotatable bonds is 9. The summed E-state index contributed by atoms with van der Waals surface area (Å²) in [4.78, 5) is 46.8. The maximum Gasteiger partial charge on any atom is 0.331 e. The molecule has 28 heavy (non-hydrogen) atoms. The monoisotopic (exact) mass is 421 g/mol. The fourth-order valence-electron chi connectivity index (χ4n) is 2.55. The van der Waals surface area contributed by atoms with Crippen molar-refractivity contribution in [3.05, 3.63) is 24.3 Å². The molecule has 0 aromatic carbocycles. The van der Waals surface area contributed by atoms with Crippen LogP contribution in [0.5, 0.6) is 0 Å². The van der Waals surface area contributed by atoms with E-state index >= 15 is 0 Å². The molecule has 0 radical (unpaired) electrons. The molecule has 1 unspecified atom stereocenters. The molecular formula is C18H28ClNO8. The first-order valence-corrected chi connectivity index (χ1v) is 8.67. The van der Waals surface area contributed by atoms with Gasteiger partial charge in [0.25, 0.3) is 0 Å². The number of carbonyl (C=O) groups is 4. The molecule has 1 N–H and O–H groups in total. The lowest BCUT2D eigenvalue weighted by atomic mass is 10.1. The summed E-state index contributed by atoms with van der Waals surface area (Å²) in [6.07, 6.45) is 6.46. The third kappa shape index (κ3) is 11.3. The van der Waals surface area contributed by atoms with Crippen LogP contribution in [0.15, 0.2) is 24.3 Å². The fraction of sp³-hybridized carbons (Fsp3) is 0.556. The Kier molecular flexibility index (Phi) is 13.4. The topological polar surface area (TPSA) is 110 Å². The van der Waals surface area contributed by atoms with Crippen LogP contribution in [0.2, 0.25) is 0 Å². The van der Waals surface area contributed by atoms with Gasteiger partial charge in [0.15, 0.2) is 6.10 Å². The molecule has 0 bridgehead atoms. The Bertz CT molecular complexity index is 590. The molecular weight excluding hydrogens is 394 g/mol. The smallest absolute Gasteiger partial charge is 0.331 e. The molecule has 160 valence electrons. The minimum Gasteiger partial charge on any atom is -1.00 e. The summed E-state index contributed by atoms with van der Waals surface area (Å²) >= 11 is 0. The van der Waals surface area contributed by atoms with Gasteiger partial charge < -0.3 is 36.3 Å². The normalized spacial score (nSPS) is 15.5. The van der Waals surface area contributed by atoms with E-state index in [9.17, 15) is 19.2 Å². The van der Waals surface area contributed by atoms with Crippen molar-refractivity contribution in [1.29, 1.82) is 0 Å². The first-order chi connectivity index (χ1) is 12.9. The van der Waals surface area contributed by atoms with Crippen molar-refractivity contribution >= 4 is 23.9 Å². The maximum atomic E-state index is 11.9. The van der Waals surface area contributed by atoms with Gasteiger partial charge in [0.2, 0.25) is 0 Å². The average Bonchev–Trinajstić information content (AvgIpc) is 2.68. The van der Waals surface area contributed by atoms with E-state index in [2.05, 4.69) is 9.47 Å². The van der Waals surface area contributed by atoms with Crippen molar-refractivity contribution in [3.63, 3.8) is 0 Å². The van der Waals surface area contributed by atoms with Gasteiger partial charge in [-0.3, -0.25) is 0 Å². The van der Waals surface area contributed by atoms with Crippen molar-refractivity contribution in [1.82, 2.24) is 0 Å². The lowest BCUT2D eigenvalue weighted by Crippen LogP contribution is -3.14. The number of quaternary nitrogens is 1. The highest BCUT2D eigenvalue weighted by atomic mass is 35.5. The Balaban J connectivity index is 0. The van der Waals surface area contributed by atoms with Gasteiger partial charge in [0.1, 0.15) is 13.2 Å². The van der Waals surface area contributed by atoms with Crippen LogP contribution in [0.1, 0.15) is 20.7 Å². The van der Waals surface area contributed by atoms with E-state index in [-0.39, 0.29) is 20.4 Å². The number of esters is 4. The Morgan fingerprint density at radius 1 is 0.857 bits per heavy atom. The van der Waals surface area contributed by atoms with Crippen LogP contribution in [0.3, 0.4) is 0 Å². The first kappa shape index (κ1) is 25.6. The molecule has 0 amide bonds. The molecule has 0 aromatic rings.